The first-order valence-electron chi connectivity index (χ1n) is 18.5. The maximum Gasteiger partial charge on any atom is 0.362 e. The molecule has 0 aromatic heterocycles. The van der Waals surface area contributed by atoms with Gasteiger partial charge in [0, 0.05) is 19.3 Å². The van der Waals surface area contributed by atoms with Crippen molar-refractivity contribution in [2.45, 2.75) is 129 Å². The maximum absolute atomic E-state index is 12.5. The summed E-state index contributed by atoms with van der Waals surface area (Å²) in [5.41, 5.74) is 0. The number of aliphatic carboxylic acids is 1. The summed E-state index contributed by atoms with van der Waals surface area (Å²) in [7, 11) is 5.47. The van der Waals surface area contributed by atoms with Crippen LogP contribution in [-0.2, 0) is 28.6 Å². The van der Waals surface area contributed by atoms with Crippen molar-refractivity contribution in [3.8, 4) is 0 Å². The molecule has 0 aliphatic rings. The molecule has 278 valence electrons. The highest BCUT2D eigenvalue weighted by Crippen LogP contribution is 2.10. The minimum absolute atomic E-state index is 0.0236. The molecule has 0 aromatic rings. The van der Waals surface area contributed by atoms with Gasteiger partial charge < -0.3 is 23.8 Å². The van der Waals surface area contributed by atoms with Crippen LogP contribution in [0.25, 0.3) is 0 Å². The Morgan fingerprint density at radius 2 is 1.18 bits per heavy atom. The molecule has 0 aliphatic heterocycles. The quantitative estimate of drug-likeness (QED) is 0.0336. The van der Waals surface area contributed by atoms with Crippen LogP contribution < -0.4 is 0 Å². The fourth-order valence-electron chi connectivity index (χ4n) is 4.73. The van der Waals surface area contributed by atoms with E-state index in [1.54, 1.807) is 0 Å². The third kappa shape index (κ3) is 30.6. The van der Waals surface area contributed by atoms with Gasteiger partial charge in [0.15, 0.2) is 12.1 Å². The van der Waals surface area contributed by atoms with E-state index in [0.29, 0.717) is 19.3 Å². The zero-order valence-electron chi connectivity index (χ0n) is 31.4. The molecule has 2 atom stereocenters. The molecule has 8 nitrogen and oxygen atoms in total. The summed E-state index contributed by atoms with van der Waals surface area (Å²) >= 11 is 0. The number of carboxylic acid groups (broad SMARTS) is 1. The Morgan fingerprint density at radius 1 is 0.633 bits per heavy atom. The monoisotopic (exact) mass is 686 g/mol. The van der Waals surface area contributed by atoms with Crippen molar-refractivity contribution in [2.75, 3.05) is 41.0 Å². The summed E-state index contributed by atoms with van der Waals surface area (Å²) in [6.45, 7) is 4.43. The maximum atomic E-state index is 12.5. The second kappa shape index (κ2) is 32.0. The van der Waals surface area contributed by atoms with Gasteiger partial charge in [-0.05, 0) is 64.2 Å². The molecule has 0 heterocycles. The van der Waals surface area contributed by atoms with Crippen LogP contribution in [0.4, 0.5) is 0 Å². The van der Waals surface area contributed by atoms with Crippen LogP contribution in [0.2, 0.25) is 0 Å². The average Bonchev–Trinajstić information content (AvgIpc) is 3.05. The number of nitrogens with zero attached hydrogens (tertiary/aromatic N) is 1. The first kappa shape index (κ1) is 45.8. The number of hydrogen-bond donors (Lipinski definition) is 1. The number of carbonyl (C=O) groups is 3. The van der Waals surface area contributed by atoms with Crippen molar-refractivity contribution in [1.29, 1.82) is 0 Å². The number of likely N-dealkylation sites (N-methyl/N-ethyl adjacent to an activating group) is 1. The molecule has 0 radical (unpaired) electrons. The fourth-order valence-corrected chi connectivity index (χ4v) is 4.73. The van der Waals surface area contributed by atoms with Crippen molar-refractivity contribution in [3.05, 3.63) is 72.9 Å². The topological polar surface area (TPSA) is 99.1 Å². The van der Waals surface area contributed by atoms with Crippen molar-refractivity contribution >= 4 is 17.9 Å². The first-order valence-corrected chi connectivity index (χ1v) is 18.5. The fraction of sp³-hybridized carbons (Fsp3) is 0.634. The predicted octanol–water partition coefficient (Wildman–Crippen LogP) is 9.24. The molecular weight excluding hydrogens is 618 g/mol. The molecule has 0 spiro atoms. The molecule has 0 saturated heterocycles. The molecule has 8 heteroatoms. The van der Waals surface area contributed by atoms with Gasteiger partial charge in [-0.15, -0.1) is 0 Å². The van der Waals surface area contributed by atoms with Crippen LogP contribution in [0.3, 0.4) is 0 Å². The molecule has 2 unspecified atom stereocenters. The van der Waals surface area contributed by atoms with Crippen molar-refractivity contribution < 1.29 is 38.2 Å². The number of unbranched alkanes of at least 4 members (excludes halogenated alkanes) is 5. The molecule has 0 bridgehead atoms. The van der Waals surface area contributed by atoms with Gasteiger partial charge in [0.1, 0.15) is 6.61 Å². The summed E-state index contributed by atoms with van der Waals surface area (Å²) in [5, 5.41) is 9.56. The molecule has 0 aliphatic carbocycles. The van der Waals surface area contributed by atoms with E-state index in [4.69, 9.17) is 14.2 Å². The standard InChI is InChI=1S/C41H67NO7/c1-6-8-10-12-14-16-17-18-19-20-21-22-23-24-26-27-29-31-39(43)48-36-37(35-47-34-33-38(41(45)46)42(3,4)5)49-40(44)32-30-28-25-15-13-11-9-7-2/h8,10,14,16,18-19,21-22,24-26,28,37-38H,6-7,9,11-13,15,17,20,23,27,29-36H2,1-5H3/p+1/b10-8+,16-14+,19-18+,22-21+,26-24+,28-25+. The van der Waals surface area contributed by atoms with Crippen molar-refractivity contribution in [3.63, 3.8) is 0 Å². The normalized spacial score (nSPS) is 13.9. The second-order valence-corrected chi connectivity index (χ2v) is 13.1. The number of quaternary nitrogens is 1. The largest absolute Gasteiger partial charge is 0.477 e. The lowest BCUT2D eigenvalue weighted by Gasteiger charge is -2.31. The molecular formula is C41H68NO7+. The summed E-state index contributed by atoms with van der Waals surface area (Å²) in [5.74, 6) is -1.63. The molecule has 0 fully saturated rings. The van der Waals surface area contributed by atoms with Gasteiger partial charge in [-0.3, -0.25) is 9.59 Å². The van der Waals surface area contributed by atoms with E-state index in [1.807, 2.05) is 27.2 Å². The third-order valence-corrected chi connectivity index (χ3v) is 7.60. The second-order valence-electron chi connectivity index (χ2n) is 13.1. The summed E-state index contributed by atoms with van der Waals surface area (Å²) < 4.78 is 17.0. The molecule has 0 saturated carbocycles. The van der Waals surface area contributed by atoms with E-state index in [0.717, 1.165) is 51.4 Å². The smallest absolute Gasteiger partial charge is 0.362 e. The number of hydrogen-bond acceptors (Lipinski definition) is 6. The Labute approximate surface area is 298 Å². The first-order chi connectivity index (χ1) is 23.6. The molecule has 0 rings (SSSR count). The number of carboxylic acids is 1. The SMILES string of the molecule is CC/C=C/C/C=C/C/C=C/C/C=C/C/C=C/CCCC(=O)OCC(COCCC(C(=O)O)[N+](C)(C)C)OC(=O)CC/C=C/CCCCCC. The highest BCUT2D eigenvalue weighted by Gasteiger charge is 2.31. The lowest BCUT2D eigenvalue weighted by molar-refractivity contribution is -0.887. The summed E-state index contributed by atoms with van der Waals surface area (Å²) in [6.07, 6.45) is 38.4. The van der Waals surface area contributed by atoms with E-state index in [-0.39, 0.29) is 49.1 Å². The van der Waals surface area contributed by atoms with Crippen LogP contribution in [0.5, 0.6) is 0 Å². The zero-order valence-corrected chi connectivity index (χ0v) is 31.4. The lowest BCUT2D eigenvalue weighted by atomic mass is 10.1. The van der Waals surface area contributed by atoms with Gasteiger partial charge in [-0.2, -0.15) is 0 Å². The summed E-state index contributed by atoms with van der Waals surface area (Å²) in [4.78, 5) is 36.6. The van der Waals surface area contributed by atoms with Gasteiger partial charge in [0.05, 0.1) is 34.4 Å². The van der Waals surface area contributed by atoms with Crippen LogP contribution in [0.1, 0.15) is 117 Å². The summed E-state index contributed by atoms with van der Waals surface area (Å²) in [6, 6.07) is -0.629. The van der Waals surface area contributed by atoms with E-state index in [2.05, 4.69) is 80.7 Å². The number of esters is 2. The van der Waals surface area contributed by atoms with Crippen molar-refractivity contribution in [2.24, 2.45) is 0 Å². The number of rotatable bonds is 31. The van der Waals surface area contributed by atoms with E-state index < -0.39 is 18.1 Å². The highest BCUT2D eigenvalue weighted by molar-refractivity contribution is 5.72. The van der Waals surface area contributed by atoms with Gasteiger partial charge >= 0.3 is 17.9 Å². The minimum Gasteiger partial charge on any atom is -0.477 e. The number of ether oxygens (including phenoxy) is 3. The van der Waals surface area contributed by atoms with Crippen LogP contribution >= 0.6 is 0 Å². The van der Waals surface area contributed by atoms with E-state index >= 15 is 0 Å². The molecule has 49 heavy (non-hydrogen) atoms. The van der Waals surface area contributed by atoms with Crippen LogP contribution in [-0.4, -0.2) is 80.6 Å². The molecule has 1 N–H and O–H groups in total. The highest BCUT2D eigenvalue weighted by atomic mass is 16.6. The minimum atomic E-state index is -0.893. The van der Waals surface area contributed by atoms with Gasteiger partial charge in [-0.1, -0.05) is 106 Å². The predicted molar refractivity (Wildman–Crippen MR) is 201 cm³/mol. The van der Waals surface area contributed by atoms with Crippen molar-refractivity contribution in [1.82, 2.24) is 0 Å². The Hall–Kier alpha value is -3.23. The Morgan fingerprint density at radius 3 is 1.76 bits per heavy atom. The van der Waals surface area contributed by atoms with E-state index in [9.17, 15) is 19.5 Å². The van der Waals surface area contributed by atoms with Crippen LogP contribution in [0, 0.1) is 0 Å². The third-order valence-electron chi connectivity index (χ3n) is 7.60. The average molecular weight is 687 g/mol. The Bertz CT molecular complexity index is 1030. The van der Waals surface area contributed by atoms with Gasteiger partial charge in [0.25, 0.3) is 0 Å². The Kier molecular flexibility index (Phi) is 29.9. The Balaban J connectivity index is 4.53. The lowest BCUT2D eigenvalue weighted by Crippen LogP contribution is -2.50. The van der Waals surface area contributed by atoms with Gasteiger partial charge in [0.2, 0.25) is 0 Å². The molecule has 0 amide bonds. The van der Waals surface area contributed by atoms with Crippen LogP contribution in [0.15, 0.2) is 72.9 Å². The number of carbonyl (C=O) groups excluding carboxylic acids is 2. The zero-order chi connectivity index (χ0) is 36.4. The number of allylic oxidation sites excluding steroid dienone is 12. The molecule has 0 aromatic carbocycles. The van der Waals surface area contributed by atoms with E-state index in [1.165, 1.54) is 19.3 Å². The van der Waals surface area contributed by atoms with Gasteiger partial charge in [-0.25, -0.2) is 4.79 Å².